The van der Waals surface area contributed by atoms with Crippen LogP contribution in [0.2, 0.25) is 0 Å². The number of aliphatic hydroxyl groups is 1. The first-order valence-corrected chi connectivity index (χ1v) is 7.38. The second kappa shape index (κ2) is 5.51. The van der Waals surface area contributed by atoms with Crippen molar-refractivity contribution in [2.45, 2.75) is 51.9 Å². The molecule has 5 atom stereocenters. The molecule has 3 heteroatoms. The van der Waals surface area contributed by atoms with Crippen molar-refractivity contribution in [2.24, 2.45) is 11.8 Å². The van der Waals surface area contributed by atoms with Gasteiger partial charge in [-0.25, -0.2) is 0 Å². The van der Waals surface area contributed by atoms with Gasteiger partial charge in [0.2, 0.25) is 0 Å². The summed E-state index contributed by atoms with van der Waals surface area (Å²) in [5.41, 5.74) is 1.33. The zero-order valence-electron chi connectivity index (χ0n) is 10.8. The topological polar surface area (TPSA) is 29.5 Å². The molecule has 2 nitrogen and oxygen atoms in total. The number of aryl methyl sites for hydroxylation is 1. The summed E-state index contributed by atoms with van der Waals surface area (Å²) >= 11 is 1.72. The Balaban J connectivity index is 1.89. The maximum Gasteiger partial charge on any atom is 0.0607 e. The standard InChI is InChI=1S/C14H22O2S/c1-9-10(2)16-11(3)14(9)13(15)5-4-12-6-7-17-8-12/h6-11,13-15H,4-5H2,1-3H3. The molecule has 1 aliphatic heterocycles. The first-order chi connectivity index (χ1) is 8.09. The lowest BCUT2D eigenvalue weighted by Gasteiger charge is -2.24. The third-order valence-electron chi connectivity index (χ3n) is 4.07. The smallest absolute Gasteiger partial charge is 0.0607 e. The Morgan fingerprint density at radius 3 is 2.65 bits per heavy atom. The Kier molecular flexibility index (Phi) is 4.23. The largest absolute Gasteiger partial charge is 0.393 e. The highest BCUT2D eigenvalue weighted by atomic mass is 32.1. The first kappa shape index (κ1) is 13.1. The monoisotopic (exact) mass is 254 g/mol. The summed E-state index contributed by atoms with van der Waals surface area (Å²) in [6.07, 6.45) is 2.01. The van der Waals surface area contributed by atoms with Gasteiger partial charge in [0.05, 0.1) is 18.3 Å². The third kappa shape index (κ3) is 2.90. The zero-order valence-corrected chi connectivity index (χ0v) is 11.6. The number of ether oxygens (including phenoxy) is 1. The average molecular weight is 254 g/mol. The third-order valence-corrected chi connectivity index (χ3v) is 4.80. The van der Waals surface area contributed by atoms with Crippen molar-refractivity contribution in [2.75, 3.05) is 0 Å². The van der Waals surface area contributed by atoms with E-state index in [9.17, 15) is 5.11 Å². The molecule has 0 aromatic carbocycles. The van der Waals surface area contributed by atoms with Crippen LogP contribution in [-0.2, 0) is 11.2 Å². The molecule has 1 saturated heterocycles. The minimum Gasteiger partial charge on any atom is -0.393 e. The van der Waals surface area contributed by atoms with Gasteiger partial charge >= 0.3 is 0 Å². The SMILES string of the molecule is CC1OC(C)C(C(O)CCc2ccsc2)C1C. The maximum atomic E-state index is 10.3. The number of hydrogen-bond donors (Lipinski definition) is 1. The molecule has 0 amide bonds. The quantitative estimate of drug-likeness (QED) is 0.894. The van der Waals surface area contributed by atoms with Gasteiger partial charge < -0.3 is 9.84 Å². The molecule has 1 fully saturated rings. The van der Waals surface area contributed by atoms with Crippen molar-refractivity contribution >= 4 is 11.3 Å². The minimum atomic E-state index is -0.246. The second-order valence-corrected chi connectivity index (χ2v) is 6.00. The summed E-state index contributed by atoms with van der Waals surface area (Å²) in [7, 11) is 0. The van der Waals surface area contributed by atoms with Gasteiger partial charge in [-0.05, 0) is 55.0 Å². The highest BCUT2D eigenvalue weighted by molar-refractivity contribution is 7.07. The Bertz CT molecular complexity index is 336. The number of rotatable bonds is 4. The fraction of sp³-hybridized carbons (Fsp3) is 0.714. The molecule has 0 radical (unpaired) electrons. The van der Waals surface area contributed by atoms with E-state index in [1.165, 1.54) is 5.56 Å². The van der Waals surface area contributed by atoms with E-state index >= 15 is 0 Å². The van der Waals surface area contributed by atoms with E-state index in [4.69, 9.17) is 4.74 Å². The van der Waals surface area contributed by atoms with Crippen LogP contribution < -0.4 is 0 Å². The van der Waals surface area contributed by atoms with Crippen molar-refractivity contribution < 1.29 is 9.84 Å². The van der Waals surface area contributed by atoms with Crippen molar-refractivity contribution in [3.05, 3.63) is 22.4 Å². The van der Waals surface area contributed by atoms with Gasteiger partial charge in [-0.2, -0.15) is 11.3 Å². The predicted molar refractivity (Wildman–Crippen MR) is 71.3 cm³/mol. The summed E-state index contributed by atoms with van der Waals surface area (Å²) in [6.45, 7) is 6.37. The molecule has 2 heterocycles. The van der Waals surface area contributed by atoms with Crippen LogP contribution in [0.15, 0.2) is 16.8 Å². The van der Waals surface area contributed by atoms with Gasteiger partial charge in [-0.15, -0.1) is 0 Å². The second-order valence-electron chi connectivity index (χ2n) is 5.22. The van der Waals surface area contributed by atoms with Gasteiger partial charge in [0, 0.05) is 5.92 Å². The number of aliphatic hydroxyl groups excluding tert-OH is 1. The lowest BCUT2D eigenvalue weighted by molar-refractivity contribution is 0.0212. The lowest BCUT2D eigenvalue weighted by Crippen LogP contribution is -2.31. The lowest BCUT2D eigenvalue weighted by atomic mass is 9.83. The van der Waals surface area contributed by atoms with E-state index in [1.807, 2.05) is 0 Å². The summed E-state index contributed by atoms with van der Waals surface area (Å²) in [5.74, 6) is 0.728. The molecular weight excluding hydrogens is 232 g/mol. The van der Waals surface area contributed by atoms with Gasteiger partial charge in [0.1, 0.15) is 0 Å². The summed E-state index contributed by atoms with van der Waals surface area (Å²) < 4.78 is 5.79. The Labute approximate surface area is 108 Å². The van der Waals surface area contributed by atoms with Crippen LogP contribution in [0.4, 0.5) is 0 Å². The number of thiophene rings is 1. The van der Waals surface area contributed by atoms with Crippen LogP contribution in [0.25, 0.3) is 0 Å². The molecule has 1 aromatic heterocycles. The van der Waals surface area contributed by atoms with E-state index in [-0.39, 0.29) is 24.2 Å². The van der Waals surface area contributed by atoms with Crippen molar-refractivity contribution in [1.82, 2.24) is 0 Å². The number of hydrogen-bond acceptors (Lipinski definition) is 3. The van der Waals surface area contributed by atoms with E-state index in [0.717, 1.165) is 12.8 Å². The van der Waals surface area contributed by atoms with E-state index in [0.29, 0.717) is 5.92 Å². The Morgan fingerprint density at radius 1 is 1.35 bits per heavy atom. The normalized spacial score (nSPS) is 35.1. The molecule has 0 bridgehead atoms. The van der Waals surface area contributed by atoms with Crippen LogP contribution in [0.5, 0.6) is 0 Å². The zero-order chi connectivity index (χ0) is 12.4. The van der Waals surface area contributed by atoms with Crippen LogP contribution in [0, 0.1) is 11.8 Å². The molecule has 96 valence electrons. The molecule has 17 heavy (non-hydrogen) atoms. The van der Waals surface area contributed by atoms with Gasteiger partial charge in [0.15, 0.2) is 0 Å². The molecular formula is C14H22O2S. The first-order valence-electron chi connectivity index (χ1n) is 6.44. The molecule has 2 rings (SSSR count). The highest BCUT2D eigenvalue weighted by Gasteiger charge is 2.40. The van der Waals surface area contributed by atoms with Crippen molar-refractivity contribution in [3.63, 3.8) is 0 Å². The maximum absolute atomic E-state index is 10.3. The average Bonchev–Trinajstić information content (AvgIpc) is 2.86. The van der Waals surface area contributed by atoms with Crippen LogP contribution in [0.3, 0.4) is 0 Å². The molecule has 5 unspecified atom stereocenters. The summed E-state index contributed by atoms with van der Waals surface area (Å²) in [5, 5.41) is 14.6. The molecule has 0 spiro atoms. The molecule has 1 N–H and O–H groups in total. The predicted octanol–water partition coefficient (Wildman–Crippen LogP) is 3.10. The fourth-order valence-corrected chi connectivity index (χ4v) is 3.60. The van der Waals surface area contributed by atoms with Gasteiger partial charge in [-0.1, -0.05) is 6.92 Å². The van der Waals surface area contributed by atoms with E-state index < -0.39 is 0 Å². The molecule has 1 aromatic rings. The highest BCUT2D eigenvalue weighted by Crippen LogP contribution is 2.35. The van der Waals surface area contributed by atoms with Crippen molar-refractivity contribution in [3.8, 4) is 0 Å². The summed E-state index contributed by atoms with van der Waals surface area (Å²) in [6, 6.07) is 2.14. The van der Waals surface area contributed by atoms with Gasteiger partial charge in [0.25, 0.3) is 0 Å². The molecule has 0 aliphatic carbocycles. The Morgan fingerprint density at radius 2 is 2.12 bits per heavy atom. The van der Waals surface area contributed by atoms with Crippen LogP contribution in [-0.4, -0.2) is 23.4 Å². The molecule has 0 saturated carbocycles. The summed E-state index contributed by atoms with van der Waals surface area (Å²) in [4.78, 5) is 0. The van der Waals surface area contributed by atoms with E-state index in [2.05, 4.69) is 37.6 Å². The van der Waals surface area contributed by atoms with Crippen LogP contribution >= 0.6 is 11.3 Å². The fourth-order valence-electron chi connectivity index (χ4n) is 2.90. The molecule has 1 aliphatic rings. The minimum absolute atomic E-state index is 0.178. The van der Waals surface area contributed by atoms with Crippen molar-refractivity contribution in [1.29, 1.82) is 0 Å². The van der Waals surface area contributed by atoms with E-state index in [1.54, 1.807) is 11.3 Å². The Hall–Kier alpha value is -0.380. The van der Waals surface area contributed by atoms with Gasteiger partial charge in [-0.3, -0.25) is 0 Å². The van der Waals surface area contributed by atoms with Crippen LogP contribution in [0.1, 0.15) is 32.8 Å².